The number of benzene rings is 1. The van der Waals surface area contributed by atoms with Crippen molar-refractivity contribution in [3.8, 4) is 11.8 Å². The van der Waals surface area contributed by atoms with Gasteiger partial charge in [-0.2, -0.15) is 0 Å². The van der Waals surface area contributed by atoms with E-state index in [0.717, 1.165) is 18.7 Å². The molecule has 1 atom stereocenters. The van der Waals surface area contributed by atoms with Gasteiger partial charge in [-0.05, 0) is 38.8 Å². The summed E-state index contributed by atoms with van der Waals surface area (Å²) in [6.45, 7) is 8.89. The molecule has 1 N–H and O–H groups in total. The van der Waals surface area contributed by atoms with Crippen molar-refractivity contribution in [3.05, 3.63) is 35.9 Å². The van der Waals surface area contributed by atoms with E-state index >= 15 is 0 Å². The van der Waals surface area contributed by atoms with Crippen molar-refractivity contribution in [3.63, 3.8) is 0 Å². The Morgan fingerprint density at radius 2 is 1.73 bits per heavy atom. The topological polar surface area (TPSA) is 4.44 Å². The number of rotatable bonds is 3. The first-order chi connectivity index (χ1) is 7.27. The van der Waals surface area contributed by atoms with Gasteiger partial charge < -0.3 is 4.90 Å². The van der Waals surface area contributed by atoms with Gasteiger partial charge >= 0.3 is 0 Å². The third-order valence-electron chi connectivity index (χ3n) is 2.73. The first-order valence-corrected chi connectivity index (χ1v) is 5.69. The lowest BCUT2D eigenvalue weighted by Crippen LogP contribution is -3.14. The van der Waals surface area contributed by atoms with Crippen molar-refractivity contribution in [2.24, 2.45) is 0 Å². The lowest BCUT2D eigenvalue weighted by atomic mass is 10.2. The number of hydrogen-bond donors (Lipinski definition) is 1. The molecule has 0 saturated heterocycles. The van der Waals surface area contributed by atoms with E-state index in [1.54, 1.807) is 4.90 Å². The fourth-order valence-electron chi connectivity index (χ4n) is 1.68. The van der Waals surface area contributed by atoms with Gasteiger partial charge in [-0.3, -0.25) is 0 Å². The average molecular weight is 202 g/mol. The molecule has 1 heteroatoms. The van der Waals surface area contributed by atoms with Crippen LogP contribution in [0.25, 0.3) is 0 Å². The zero-order chi connectivity index (χ0) is 11.1. The van der Waals surface area contributed by atoms with Crippen molar-refractivity contribution in [2.75, 3.05) is 13.1 Å². The van der Waals surface area contributed by atoms with Gasteiger partial charge in [0.25, 0.3) is 0 Å². The maximum Gasteiger partial charge on any atom is 0.146 e. The molecule has 80 valence electrons. The molecule has 15 heavy (non-hydrogen) atoms. The van der Waals surface area contributed by atoms with Crippen molar-refractivity contribution < 1.29 is 4.90 Å². The molecule has 0 radical (unpaired) electrons. The Labute approximate surface area is 93.1 Å². The van der Waals surface area contributed by atoms with E-state index < -0.39 is 0 Å². The minimum absolute atomic E-state index is 0.417. The van der Waals surface area contributed by atoms with Gasteiger partial charge in [0.2, 0.25) is 0 Å². The van der Waals surface area contributed by atoms with Crippen molar-refractivity contribution in [1.82, 2.24) is 0 Å². The maximum absolute atomic E-state index is 3.31. The fourth-order valence-corrected chi connectivity index (χ4v) is 1.68. The molecule has 1 rings (SSSR count). The van der Waals surface area contributed by atoms with Gasteiger partial charge in [0.05, 0.1) is 13.1 Å². The molecule has 0 saturated carbocycles. The van der Waals surface area contributed by atoms with E-state index in [1.165, 1.54) is 0 Å². The van der Waals surface area contributed by atoms with Crippen LogP contribution in [-0.2, 0) is 0 Å². The van der Waals surface area contributed by atoms with E-state index in [9.17, 15) is 0 Å². The van der Waals surface area contributed by atoms with Crippen molar-refractivity contribution in [1.29, 1.82) is 0 Å². The lowest BCUT2D eigenvalue weighted by Gasteiger charge is -2.18. The third-order valence-corrected chi connectivity index (χ3v) is 2.73. The predicted octanol–water partition coefficient (Wildman–Crippen LogP) is 1.35. The second-order valence-electron chi connectivity index (χ2n) is 3.72. The molecule has 1 aromatic carbocycles. The Kier molecular flexibility index (Phi) is 4.93. The molecule has 0 aliphatic rings. The zero-order valence-electron chi connectivity index (χ0n) is 9.88. The molecule has 0 amide bonds. The van der Waals surface area contributed by atoms with Gasteiger partial charge in [-0.1, -0.05) is 24.1 Å². The number of nitrogens with one attached hydrogen (secondary N) is 1. The summed E-state index contributed by atoms with van der Waals surface area (Å²) in [5, 5.41) is 0. The Hall–Kier alpha value is -1.26. The van der Waals surface area contributed by atoms with Crippen LogP contribution >= 0.6 is 0 Å². The Bertz CT molecular complexity index is 327. The summed E-state index contributed by atoms with van der Waals surface area (Å²) >= 11 is 0. The summed E-state index contributed by atoms with van der Waals surface area (Å²) in [5.74, 6) is 6.54. The third kappa shape index (κ3) is 3.77. The highest BCUT2D eigenvalue weighted by atomic mass is 15.1. The molecular weight excluding hydrogens is 182 g/mol. The minimum atomic E-state index is 0.417. The minimum Gasteiger partial charge on any atom is -0.323 e. The normalized spacial score (nSPS) is 12.0. The van der Waals surface area contributed by atoms with Crippen LogP contribution in [-0.4, -0.2) is 19.1 Å². The van der Waals surface area contributed by atoms with Gasteiger partial charge in [0.1, 0.15) is 6.04 Å². The highest BCUT2D eigenvalue weighted by Gasteiger charge is 2.08. The van der Waals surface area contributed by atoms with Gasteiger partial charge in [0.15, 0.2) is 0 Å². The number of hydrogen-bond acceptors (Lipinski definition) is 0. The molecular formula is C14H20N+. The highest BCUT2D eigenvalue weighted by molar-refractivity contribution is 5.34. The molecule has 0 aromatic heterocycles. The van der Waals surface area contributed by atoms with Crippen LogP contribution in [0.5, 0.6) is 0 Å². The van der Waals surface area contributed by atoms with Crippen LogP contribution in [0.15, 0.2) is 30.3 Å². The molecule has 0 unspecified atom stereocenters. The molecule has 0 spiro atoms. The predicted molar refractivity (Wildman–Crippen MR) is 64.8 cm³/mol. The molecule has 0 fully saturated rings. The van der Waals surface area contributed by atoms with Crippen LogP contribution in [0.2, 0.25) is 0 Å². The van der Waals surface area contributed by atoms with Gasteiger partial charge in [-0.15, -0.1) is 0 Å². The van der Waals surface area contributed by atoms with E-state index in [2.05, 4.69) is 44.7 Å². The van der Waals surface area contributed by atoms with Crippen LogP contribution in [0.1, 0.15) is 26.3 Å². The average Bonchev–Trinajstić information content (AvgIpc) is 2.29. The Morgan fingerprint density at radius 1 is 1.13 bits per heavy atom. The van der Waals surface area contributed by atoms with E-state index in [-0.39, 0.29) is 0 Å². The largest absolute Gasteiger partial charge is 0.323 e. The summed E-state index contributed by atoms with van der Waals surface area (Å²) < 4.78 is 0. The highest BCUT2D eigenvalue weighted by Crippen LogP contribution is 1.94. The molecule has 0 aliphatic heterocycles. The zero-order valence-corrected chi connectivity index (χ0v) is 9.88. The van der Waals surface area contributed by atoms with Crippen LogP contribution < -0.4 is 4.90 Å². The van der Waals surface area contributed by atoms with E-state index in [0.29, 0.717) is 6.04 Å². The Balaban J connectivity index is 2.65. The molecule has 1 nitrogen and oxygen atoms in total. The molecule has 0 aliphatic carbocycles. The van der Waals surface area contributed by atoms with Crippen LogP contribution in [0.4, 0.5) is 0 Å². The van der Waals surface area contributed by atoms with Gasteiger partial charge in [-0.25, -0.2) is 0 Å². The second kappa shape index (κ2) is 6.27. The maximum atomic E-state index is 3.31. The first-order valence-electron chi connectivity index (χ1n) is 5.69. The molecule has 1 aromatic rings. The van der Waals surface area contributed by atoms with Crippen molar-refractivity contribution in [2.45, 2.75) is 26.8 Å². The lowest BCUT2D eigenvalue weighted by molar-refractivity contribution is -0.911. The van der Waals surface area contributed by atoms with E-state index in [1.807, 2.05) is 18.2 Å². The summed E-state index contributed by atoms with van der Waals surface area (Å²) in [4.78, 5) is 1.54. The van der Waals surface area contributed by atoms with Crippen LogP contribution in [0, 0.1) is 11.8 Å². The fraction of sp³-hybridized carbons (Fsp3) is 0.429. The van der Waals surface area contributed by atoms with Crippen molar-refractivity contribution >= 4 is 0 Å². The summed E-state index contributed by atoms with van der Waals surface area (Å²) in [6, 6.07) is 10.6. The van der Waals surface area contributed by atoms with Crippen LogP contribution in [0.3, 0.4) is 0 Å². The second-order valence-corrected chi connectivity index (χ2v) is 3.72. The van der Waals surface area contributed by atoms with Gasteiger partial charge in [0, 0.05) is 5.56 Å². The first kappa shape index (κ1) is 11.8. The molecule has 0 heterocycles. The molecule has 0 bridgehead atoms. The smallest absolute Gasteiger partial charge is 0.146 e. The Morgan fingerprint density at radius 3 is 2.27 bits per heavy atom. The number of quaternary nitrogens is 1. The SMILES string of the molecule is CC[NH+](CC)[C@H](C)C#Cc1ccccc1. The van der Waals surface area contributed by atoms with E-state index in [4.69, 9.17) is 0 Å². The summed E-state index contributed by atoms with van der Waals surface area (Å²) in [6.07, 6.45) is 0. The monoisotopic (exact) mass is 202 g/mol. The summed E-state index contributed by atoms with van der Waals surface area (Å²) in [5.41, 5.74) is 1.11. The summed E-state index contributed by atoms with van der Waals surface area (Å²) in [7, 11) is 0. The standard InChI is InChI=1S/C14H19N/c1-4-15(5-2)13(3)11-12-14-9-7-6-8-10-14/h6-10,13H,4-5H2,1-3H3/p+1/t13-/m1/s1. The quantitative estimate of drug-likeness (QED) is 0.706.